The van der Waals surface area contributed by atoms with Gasteiger partial charge in [0.05, 0.1) is 11.5 Å². The lowest BCUT2D eigenvalue weighted by atomic mass is 10.1. The highest BCUT2D eigenvalue weighted by Gasteiger charge is 2.35. The van der Waals surface area contributed by atoms with Crippen molar-refractivity contribution in [1.29, 1.82) is 0 Å². The predicted octanol–water partition coefficient (Wildman–Crippen LogP) is 4.26. The Morgan fingerprint density at radius 1 is 1.03 bits per heavy atom. The fourth-order valence-corrected chi connectivity index (χ4v) is 4.28. The summed E-state index contributed by atoms with van der Waals surface area (Å²) < 4.78 is 82.0. The molecule has 0 spiro atoms. The summed E-state index contributed by atoms with van der Waals surface area (Å²) >= 11 is 0. The van der Waals surface area contributed by atoms with Crippen LogP contribution in [0.25, 0.3) is 0 Å². The fraction of sp³-hybridized carbons (Fsp3) is 0.381. The first kappa shape index (κ1) is 24.0. The number of Topliss-reactive ketones (excluding diaryl/α,β-unsaturated/α-hetero) is 1. The van der Waals surface area contributed by atoms with E-state index in [4.69, 9.17) is 14.2 Å². The Hall–Kier alpha value is -2.63. The van der Waals surface area contributed by atoms with Gasteiger partial charge in [0.1, 0.15) is 29.1 Å². The van der Waals surface area contributed by atoms with Gasteiger partial charge < -0.3 is 18.9 Å². The number of rotatable bonds is 7. The number of carbonyl (C=O) groups is 1. The Balaban J connectivity index is 1.62. The number of alkyl halides is 3. The molecule has 7 nitrogen and oxygen atoms in total. The molecule has 2 aromatic carbocycles. The van der Waals surface area contributed by atoms with Crippen molar-refractivity contribution >= 4 is 15.6 Å². The monoisotopic (exact) mass is 474 g/mol. The summed E-state index contributed by atoms with van der Waals surface area (Å²) in [6, 6.07) is 10.1. The third-order valence-electron chi connectivity index (χ3n) is 4.42. The minimum Gasteiger partial charge on any atom is -0.457 e. The molecule has 32 heavy (non-hydrogen) atoms. The van der Waals surface area contributed by atoms with Gasteiger partial charge in [0.2, 0.25) is 0 Å². The van der Waals surface area contributed by atoms with E-state index < -0.39 is 45.4 Å². The van der Waals surface area contributed by atoms with E-state index in [9.17, 15) is 26.4 Å². The molecule has 1 aliphatic heterocycles. The number of sulfone groups is 1. The summed E-state index contributed by atoms with van der Waals surface area (Å²) in [5.74, 6) is -2.14. The molecule has 1 atom stereocenters. The van der Waals surface area contributed by atoms with Crippen LogP contribution in [0.1, 0.15) is 20.3 Å². The molecule has 3 rings (SSSR count). The minimum atomic E-state index is -4.79. The third kappa shape index (κ3) is 6.68. The highest BCUT2D eigenvalue weighted by atomic mass is 32.2. The van der Waals surface area contributed by atoms with Crippen LogP contribution in [-0.4, -0.2) is 44.8 Å². The molecule has 0 bridgehead atoms. The van der Waals surface area contributed by atoms with Crippen LogP contribution in [0.4, 0.5) is 13.2 Å². The number of hydrogen-bond donors (Lipinski definition) is 0. The second-order valence-electron chi connectivity index (χ2n) is 7.46. The van der Waals surface area contributed by atoms with E-state index >= 15 is 0 Å². The van der Waals surface area contributed by atoms with Gasteiger partial charge in [-0.2, -0.15) is 0 Å². The van der Waals surface area contributed by atoms with Crippen molar-refractivity contribution in [2.75, 3.05) is 12.4 Å². The number of halogens is 3. The minimum absolute atomic E-state index is 0.0709. The number of ether oxygens (including phenoxy) is 4. The number of carbonyl (C=O) groups excluding carboxylic acids is 1. The Bertz CT molecular complexity index is 1050. The van der Waals surface area contributed by atoms with Crippen LogP contribution in [0.15, 0.2) is 53.4 Å². The first-order valence-electron chi connectivity index (χ1n) is 9.54. The molecule has 0 unspecified atom stereocenters. The van der Waals surface area contributed by atoms with E-state index in [-0.39, 0.29) is 22.8 Å². The van der Waals surface area contributed by atoms with Crippen molar-refractivity contribution in [1.82, 2.24) is 0 Å². The van der Waals surface area contributed by atoms with Crippen molar-refractivity contribution < 1.29 is 45.3 Å². The van der Waals surface area contributed by atoms with Crippen molar-refractivity contribution in [3.05, 3.63) is 48.5 Å². The van der Waals surface area contributed by atoms with Crippen LogP contribution < -0.4 is 9.47 Å². The lowest BCUT2D eigenvalue weighted by molar-refractivity contribution is -0.274. The zero-order chi connectivity index (χ0) is 23.6. The molecule has 0 radical (unpaired) electrons. The fourth-order valence-electron chi connectivity index (χ4n) is 3.00. The maximum absolute atomic E-state index is 12.6. The third-order valence-corrected chi connectivity index (χ3v) is 6.08. The number of hydrogen-bond acceptors (Lipinski definition) is 7. The van der Waals surface area contributed by atoms with Crippen LogP contribution in [0.5, 0.6) is 17.2 Å². The maximum Gasteiger partial charge on any atom is 0.573 e. The van der Waals surface area contributed by atoms with E-state index in [1.54, 1.807) is 13.8 Å². The molecule has 0 aromatic heterocycles. The van der Waals surface area contributed by atoms with Gasteiger partial charge in [0.25, 0.3) is 0 Å². The van der Waals surface area contributed by atoms with Crippen LogP contribution >= 0.6 is 0 Å². The predicted molar refractivity (Wildman–Crippen MR) is 106 cm³/mol. The van der Waals surface area contributed by atoms with Gasteiger partial charge >= 0.3 is 6.36 Å². The molecular weight excluding hydrogens is 453 g/mol. The van der Waals surface area contributed by atoms with Gasteiger partial charge in [-0.25, -0.2) is 8.42 Å². The van der Waals surface area contributed by atoms with E-state index in [0.717, 1.165) is 12.1 Å². The highest BCUT2D eigenvalue weighted by Crippen LogP contribution is 2.28. The molecule has 0 N–H and O–H groups in total. The van der Waals surface area contributed by atoms with Crippen molar-refractivity contribution in [2.45, 2.75) is 43.4 Å². The summed E-state index contributed by atoms with van der Waals surface area (Å²) in [6.07, 6.45) is -5.38. The van der Waals surface area contributed by atoms with Gasteiger partial charge in [0.15, 0.2) is 21.4 Å². The summed E-state index contributed by atoms with van der Waals surface area (Å²) in [4.78, 5) is 12.4. The lowest BCUT2D eigenvalue weighted by Gasteiger charge is -2.35. The second-order valence-corrected chi connectivity index (χ2v) is 9.45. The van der Waals surface area contributed by atoms with Crippen LogP contribution in [-0.2, 0) is 24.1 Å². The summed E-state index contributed by atoms with van der Waals surface area (Å²) in [5, 5.41) is 0. The Morgan fingerprint density at radius 3 is 2.09 bits per heavy atom. The molecule has 0 amide bonds. The van der Waals surface area contributed by atoms with Crippen LogP contribution in [0.3, 0.4) is 0 Å². The highest BCUT2D eigenvalue weighted by molar-refractivity contribution is 7.92. The first-order chi connectivity index (χ1) is 14.8. The molecule has 1 saturated heterocycles. The zero-order valence-electron chi connectivity index (χ0n) is 17.2. The topological polar surface area (TPSA) is 88.1 Å². The summed E-state index contributed by atoms with van der Waals surface area (Å²) in [5.41, 5.74) is 0. The molecule has 0 saturated carbocycles. The molecular formula is C21H21F3O7S. The van der Waals surface area contributed by atoms with Crippen molar-refractivity contribution in [2.24, 2.45) is 0 Å². The van der Waals surface area contributed by atoms with E-state index in [0.29, 0.717) is 6.61 Å². The SMILES string of the molecule is CC1(C)OCC[C@H](C(=O)CS(=O)(=O)c2ccc(Oc3ccc(OC(F)(F)F)cc3)cc2)O1. The van der Waals surface area contributed by atoms with Crippen LogP contribution in [0.2, 0.25) is 0 Å². The van der Waals surface area contributed by atoms with Gasteiger partial charge in [0, 0.05) is 6.42 Å². The van der Waals surface area contributed by atoms with Crippen LogP contribution in [0, 0.1) is 0 Å². The molecule has 0 aliphatic carbocycles. The lowest BCUT2D eigenvalue weighted by Crippen LogP contribution is -2.44. The summed E-state index contributed by atoms with van der Waals surface area (Å²) in [7, 11) is -3.91. The molecule has 1 aliphatic rings. The average molecular weight is 474 g/mol. The molecule has 1 fully saturated rings. The molecule has 174 valence electrons. The van der Waals surface area contributed by atoms with Gasteiger partial charge in [-0.05, 0) is 62.4 Å². The number of ketones is 1. The Kier molecular flexibility index (Phi) is 6.82. The summed E-state index contributed by atoms with van der Waals surface area (Å²) in [6.45, 7) is 3.59. The van der Waals surface area contributed by atoms with Gasteiger partial charge in [-0.15, -0.1) is 13.2 Å². The molecule has 11 heteroatoms. The van der Waals surface area contributed by atoms with E-state index in [1.807, 2.05) is 0 Å². The smallest absolute Gasteiger partial charge is 0.457 e. The first-order valence-corrected chi connectivity index (χ1v) is 11.2. The molecule has 2 aromatic rings. The van der Waals surface area contributed by atoms with E-state index in [2.05, 4.69) is 4.74 Å². The second kappa shape index (κ2) is 9.08. The van der Waals surface area contributed by atoms with E-state index in [1.165, 1.54) is 36.4 Å². The molecule has 1 heterocycles. The largest absolute Gasteiger partial charge is 0.573 e. The normalized spacial score (nSPS) is 18.7. The van der Waals surface area contributed by atoms with Crippen molar-refractivity contribution in [3.8, 4) is 17.2 Å². The van der Waals surface area contributed by atoms with Gasteiger partial charge in [-0.3, -0.25) is 4.79 Å². The van der Waals surface area contributed by atoms with Crippen molar-refractivity contribution in [3.63, 3.8) is 0 Å². The zero-order valence-corrected chi connectivity index (χ0v) is 18.0. The quantitative estimate of drug-likeness (QED) is 0.593. The maximum atomic E-state index is 12.6. The Labute approximate surface area is 183 Å². The standard InChI is InChI=1S/C21H21F3O7S/c1-20(2)28-12-11-19(31-20)18(25)13-32(26,27)17-9-7-15(8-10-17)29-14-3-5-16(6-4-14)30-21(22,23)24/h3-10,19H,11-13H2,1-2H3/t19-/m1/s1. The number of benzene rings is 2. The Morgan fingerprint density at radius 2 is 1.56 bits per heavy atom. The van der Waals surface area contributed by atoms with Gasteiger partial charge in [-0.1, -0.05) is 0 Å². The average Bonchev–Trinajstić information content (AvgIpc) is 2.68.